The topological polar surface area (TPSA) is 46.6 Å². The van der Waals surface area contributed by atoms with Crippen molar-refractivity contribution in [3.05, 3.63) is 47.3 Å². The lowest BCUT2D eigenvalue weighted by Gasteiger charge is -2.21. The van der Waals surface area contributed by atoms with Gasteiger partial charge < -0.3 is 4.74 Å². The van der Waals surface area contributed by atoms with E-state index in [2.05, 4.69) is 0 Å². The highest BCUT2D eigenvalue weighted by atomic mass is 19.1. The van der Waals surface area contributed by atoms with Gasteiger partial charge in [-0.25, -0.2) is 4.39 Å². The van der Waals surface area contributed by atoms with Crippen molar-refractivity contribution in [1.29, 1.82) is 0 Å². The number of hydrogen-bond acceptors (Lipinski definition) is 3. The van der Waals surface area contributed by atoms with Crippen LogP contribution in [0.4, 0.5) is 4.39 Å². The molecule has 1 aromatic carbocycles. The van der Waals surface area contributed by atoms with Crippen molar-refractivity contribution in [2.75, 3.05) is 13.2 Å². The number of fused-ring (bicyclic) bond motifs is 1. The highest BCUT2D eigenvalue weighted by Crippen LogP contribution is 2.23. The number of ether oxygens (including phenoxy) is 1. The first-order chi connectivity index (χ1) is 10.7. The van der Waals surface area contributed by atoms with Crippen LogP contribution in [0.5, 0.6) is 0 Å². The molecule has 0 N–H and O–H groups in total. The number of carbonyl (C=O) groups excluding carboxylic acids is 2. The van der Waals surface area contributed by atoms with Crippen LogP contribution in [-0.2, 0) is 4.74 Å². The number of amides is 2. The number of halogens is 1. The van der Waals surface area contributed by atoms with Crippen LogP contribution in [0.25, 0.3) is 0 Å². The third kappa shape index (κ3) is 2.95. The average molecular weight is 303 g/mol. The fourth-order valence-corrected chi connectivity index (χ4v) is 2.86. The summed E-state index contributed by atoms with van der Waals surface area (Å²) in [5, 5.41) is 0. The molecule has 2 amide bonds. The number of benzene rings is 1. The Labute approximate surface area is 128 Å². The standard InChI is InChI=1S/C17H18FNO3/c18-12(11-13-5-3-4-10-22-13)8-9-19-16(20)14-6-1-2-7-15(14)17(19)21/h1-2,6-8,13H,3-5,9-11H2/b12-8-. The van der Waals surface area contributed by atoms with Crippen molar-refractivity contribution < 1.29 is 18.7 Å². The average Bonchev–Trinajstić information content (AvgIpc) is 2.78. The van der Waals surface area contributed by atoms with Crippen molar-refractivity contribution in [3.63, 3.8) is 0 Å². The molecule has 2 heterocycles. The molecule has 5 heteroatoms. The number of rotatable bonds is 4. The first-order valence-corrected chi connectivity index (χ1v) is 7.58. The third-order valence-electron chi connectivity index (χ3n) is 4.07. The summed E-state index contributed by atoms with van der Waals surface area (Å²) in [7, 11) is 0. The van der Waals surface area contributed by atoms with Gasteiger partial charge in [-0.2, -0.15) is 0 Å². The van der Waals surface area contributed by atoms with Gasteiger partial charge >= 0.3 is 0 Å². The maximum absolute atomic E-state index is 14.0. The predicted octanol–water partition coefficient (Wildman–Crippen LogP) is 3.10. The molecule has 0 radical (unpaired) electrons. The van der Waals surface area contributed by atoms with E-state index in [1.54, 1.807) is 24.3 Å². The summed E-state index contributed by atoms with van der Waals surface area (Å²) in [6, 6.07) is 6.66. The van der Waals surface area contributed by atoms with Crippen LogP contribution in [0.15, 0.2) is 36.2 Å². The lowest BCUT2D eigenvalue weighted by atomic mass is 10.1. The molecule has 22 heavy (non-hydrogen) atoms. The lowest BCUT2D eigenvalue weighted by Crippen LogP contribution is -2.30. The monoisotopic (exact) mass is 303 g/mol. The highest BCUT2D eigenvalue weighted by molar-refractivity contribution is 6.21. The fourth-order valence-electron chi connectivity index (χ4n) is 2.86. The Balaban J connectivity index is 1.63. The molecule has 1 saturated heterocycles. The van der Waals surface area contributed by atoms with Gasteiger partial charge in [-0.3, -0.25) is 14.5 Å². The summed E-state index contributed by atoms with van der Waals surface area (Å²) in [6.07, 6.45) is 4.36. The molecule has 2 aliphatic rings. The quantitative estimate of drug-likeness (QED) is 0.803. The Morgan fingerprint density at radius 3 is 2.50 bits per heavy atom. The Morgan fingerprint density at radius 2 is 1.91 bits per heavy atom. The maximum Gasteiger partial charge on any atom is 0.261 e. The van der Waals surface area contributed by atoms with Gasteiger partial charge in [0.15, 0.2) is 0 Å². The van der Waals surface area contributed by atoms with Crippen LogP contribution in [0, 0.1) is 0 Å². The molecule has 0 aliphatic carbocycles. The first-order valence-electron chi connectivity index (χ1n) is 7.58. The van der Waals surface area contributed by atoms with E-state index in [-0.39, 0.29) is 36.7 Å². The van der Waals surface area contributed by atoms with Gasteiger partial charge in [-0.15, -0.1) is 0 Å². The summed E-state index contributed by atoms with van der Waals surface area (Å²) in [5.41, 5.74) is 0.772. The molecule has 1 unspecified atom stereocenters. The summed E-state index contributed by atoms with van der Waals surface area (Å²) in [6.45, 7) is 0.640. The van der Waals surface area contributed by atoms with Gasteiger partial charge in [0.2, 0.25) is 0 Å². The van der Waals surface area contributed by atoms with E-state index in [1.807, 2.05) is 0 Å². The molecule has 1 aromatic rings. The van der Waals surface area contributed by atoms with Gasteiger partial charge in [0.25, 0.3) is 11.8 Å². The summed E-state index contributed by atoms with van der Waals surface area (Å²) in [4.78, 5) is 25.4. The van der Waals surface area contributed by atoms with Gasteiger partial charge in [0.05, 0.1) is 23.8 Å². The van der Waals surface area contributed by atoms with Crippen LogP contribution in [-0.4, -0.2) is 36.0 Å². The third-order valence-corrected chi connectivity index (χ3v) is 4.07. The maximum atomic E-state index is 14.0. The van der Waals surface area contributed by atoms with Crippen LogP contribution in [0.2, 0.25) is 0 Å². The second-order valence-electron chi connectivity index (χ2n) is 5.61. The lowest BCUT2D eigenvalue weighted by molar-refractivity contribution is 0.0138. The Bertz CT molecular complexity index is 585. The second-order valence-corrected chi connectivity index (χ2v) is 5.61. The van der Waals surface area contributed by atoms with Gasteiger partial charge in [0, 0.05) is 13.0 Å². The van der Waals surface area contributed by atoms with E-state index in [0.717, 1.165) is 24.2 Å². The van der Waals surface area contributed by atoms with Gasteiger partial charge in [0.1, 0.15) is 5.83 Å². The van der Waals surface area contributed by atoms with Gasteiger partial charge in [-0.05, 0) is 37.5 Å². The van der Waals surface area contributed by atoms with E-state index in [0.29, 0.717) is 17.7 Å². The Hall–Kier alpha value is -2.01. The van der Waals surface area contributed by atoms with Crippen molar-refractivity contribution >= 4 is 11.8 Å². The zero-order valence-corrected chi connectivity index (χ0v) is 12.3. The Kier molecular flexibility index (Phi) is 4.34. The van der Waals surface area contributed by atoms with E-state index < -0.39 is 0 Å². The first kappa shape index (κ1) is 14.9. The molecule has 0 spiro atoms. The minimum atomic E-state index is -0.362. The van der Waals surface area contributed by atoms with Crippen molar-refractivity contribution in [2.45, 2.75) is 31.8 Å². The van der Waals surface area contributed by atoms with Crippen LogP contribution in [0.3, 0.4) is 0 Å². The predicted molar refractivity (Wildman–Crippen MR) is 79.2 cm³/mol. The molecule has 0 saturated carbocycles. The molecule has 0 bridgehead atoms. The number of nitrogens with zero attached hydrogens (tertiary/aromatic N) is 1. The number of hydrogen-bond donors (Lipinski definition) is 0. The van der Waals surface area contributed by atoms with E-state index in [9.17, 15) is 14.0 Å². The zero-order valence-electron chi connectivity index (χ0n) is 12.3. The van der Waals surface area contributed by atoms with Crippen LogP contribution >= 0.6 is 0 Å². The minimum absolute atomic E-state index is 0.0368. The molecular weight excluding hydrogens is 285 g/mol. The molecular formula is C17H18FNO3. The number of carbonyl (C=O) groups is 2. The van der Waals surface area contributed by atoms with Gasteiger partial charge in [-0.1, -0.05) is 12.1 Å². The summed E-state index contributed by atoms with van der Waals surface area (Å²) in [5.74, 6) is -1.06. The molecule has 0 aromatic heterocycles. The zero-order chi connectivity index (χ0) is 15.5. The Morgan fingerprint density at radius 1 is 1.23 bits per heavy atom. The van der Waals surface area contributed by atoms with E-state index in [4.69, 9.17) is 4.74 Å². The van der Waals surface area contributed by atoms with Crippen LogP contribution in [0.1, 0.15) is 46.4 Å². The molecule has 1 fully saturated rings. The smallest absolute Gasteiger partial charge is 0.261 e. The molecule has 1 atom stereocenters. The van der Waals surface area contributed by atoms with E-state index in [1.165, 1.54) is 6.08 Å². The van der Waals surface area contributed by atoms with Crippen molar-refractivity contribution in [2.24, 2.45) is 0 Å². The van der Waals surface area contributed by atoms with Crippen molar-refractivity contribution in [3.8, 4) is 0 Å². The molecule has 4 nitrogen and oxygen atoms in total. The fraction of sp³-hybridized carbons (Fsp3) is 0.412. The van der Waals surface area contributed by atoms with Crippen molar-refractivity contribution in [1.82, 2.24) is 4.90 Å². The number of imide groups is 1. The largest absolute Gasteiger partial charge is 0.378 e. The summed E-state index contributed by atoms with van der Waals surface area (Å²) < 4.78 is 19.4. The summed E-state index contributed by atoms with van der Waals surface area (Å²) >= 11 is 0. The molecule has 3 rings (SSSR count). The molecule has 2 aliphatic heterocycles. The van der Waals surface area contributed by atoms with Crippen LogP contribution < -0.4 is 0 Å². The molecule has 116 valence electrons. The highest BCUT2D eigenvalue weighted by Gasteiger charge is 2.34. The normalized spacial score (nSPS) is 22.1. The minimum Gasteiger partial charge on any atom is -0.378 e. The second kappa shape index (κ2) is 6.40. The van der Waals surface area contributed by atoms with E-state index >= 15 is 0 Å². The SMILES string of the molecule is O=C1c2ccccc2C(=O)N1C/C=C(\F)CC1CCCCO1.